The molecule has 0 N–H and O–H groups in total. The van der Waals surface area contributed by atoms with Crippen LogP contribution in [0.15, 0.2) is 54.6 Å². The predicted molar refractivity (Wildman–Crippen MR) is 120 cm³/mol. The monoisotopic (exact) mass is 436 g/mol. The van der Waals surface area contributed by atoms with Crippen molar-refractivity contribution in [2.24, 2.45) is 0 Å². The summed E-state index contributed by atoms with van der Waals surface area (Å²) >= 11 is 0. The Balaban J connectivity index is 1.88. The predicted octanol–water partition coefficient (Wildman–Crippen LogP) is 3.50. The fourth-order valence-corrected chi connectivity index (χ4v) is 3.88. The SMILES string of the molecule is CCC(C)(C)N(C(=O)Cc1ccccc1)C1CC(=O)N(c2ccc(OC(C)=O)cc2)C1=O. The van der Waals surface area contributed by atoms with Crippen LogP contribution in [0.2, 0.25) is 0 Å². The molecule has 3 amide bonds. The first kappa shape index (κ1) is 23.2. The highest BCUT2D eigenvalue weighted by Crippen LogP contribution is 2.32. The summed E-state index contributed by atoms with van der Waals surface area (Å²) in [6.07, 6.45) is 0.705. The maximum Gasteiger partial charge on any atom is 0.308 e. The van der Waals surface area contributed by atoms with Gasteiger partial charge in [0.25, 0.3) is 5.91 Å². The highest BCUT2D eigenvalue weighted by molar-refractivity contribution is 6.23. The van der Waals surface area contributed by atoms with Gasteiger partial charge in [0, 0.05) is 12.5 Å². The van der Waals surface area contributed by atoms with Crippen molar-refractivity contribution in [3.63, 3.8) is 0 Å². The molecular formula is C25H28N2O5. The van der Waals surface area contributed by atoms with Gasteiger partial charge in [-0.25, -0.2) is 4.90 Å². The number of ether oxygens (including phenoxy) is 1. The molecule has 0 spiro atoms. The van der Waals surface area contributed by atoms with Crippen LogP contribution in [-0.4, -0.2) is 40.2 Å². The molecule has 3 rings (SSSR count). The van der Waals surface area contributed by atoms with E-state index in [1.165, 1.54) is 19.1 Å². The summed E-state index contributed by atoms with van der Waals surface area (Å²) in [6.45, 7) is 7.06. The number of hydrogen-bond acceptors (Lipinski definition) is 5. The molecule has 1 fully saturated rings. The molecule has 0 bridgehead atoms. The normalized spacial score (nSPS) is 16.2. The molecule has 2 aromatic carbocycles. The van der Waals surface area contributed by atoms with Gasteiger partial charge in [0.1, 0.15) is 11.8 Å². The van der Waals surface area contributed by atoms with Gasteiger partial charge in [-0.1, -0.05) is 37.3 Å². The molecule has 0 aliphatic carbocycles. The molecule has 2 aromatic rings. The summed E-state index contributed by atoms with van der Waals surface area (Å²) < 4.78 is 5.01. The summed E-state index contributed by atoms with van der Waals surface area (Å²) in [4.78, 5) is 53.3. The molecule has 1 aliphatic rings. The Morgan fingerprint density at radius 2 is 1.69 bits per heavy atom. The summed E-state index contributed by atoms with van der Waals surface area (Å²) in [5, 5.41) is 0. The van der Waals surface area contributed by atoms with Crippen LogP contribution < -0.4 is 9.64 Å². The molecule has 1 saturated heterocycles. The molecule has 1 aliphatic heterocycles. The smallest absolute Gasteiger partial charge is 0.308 e. The summed E-state index contributed by atoms with van der Waals surface area (Å²) in [5.74, 6) is -1.13. The van der Waals surface area contributed by atoms with Crippen molar-refractivity contribution in [2.45, 2.75) is 58.5 Å². The highest BCUT2D eigenvalue weighted by Gasteiger charge is 2.48. The Hall–Kier alpha value is -3.48. The van der Waals surface area contributed by atoms with Crippen molar-refractivity contribution in [1.82, 2.24) is 4.90 Å². The number of rotatable bonds is 7. The Kier molecular flexibility index (Phi) is 6.77. The minimum absolute atomic E-state index is 0.0749. The Bertz CT molecular complexity index is 1010. The topological polar surface area (TPSA) is 84.0 Å². The van der Waals surface area contributed by atoms with Gasteiger partial charge >= 0.3 is 5.97 Å². The van der Waals surface area contributed by atoms with E-state index in [1.54, 1.807) is 17.0 Å². The van der Waals surface area contributed by atoms with Gasteiger partial charge in [0.2, 0.25) is 11.8 Å². The molecule has 1 unspecified atom stereocenters. The van der Waals surface area contributed by atoms with E-state index >= 15 is 0 Å². The average Bonchev–Trinajstić information content (AvgIpc) is 3.02. The van der Waals surface area contributed by atoms with Crippen LogP contribution >= 0.6 is 0 Å². The van der Waals surface area contributed by atoms with E-state index in [1.807, 2.05) is 51.1 Å². The summed E-state index contributed by atoms with van der Waals surface area (Å²) in [5.41, 5.74) is 0.619. The Morgan fingerprint density at radius 1 is 1.06 bits per heavy atom. The minimum atomic E-state index is -0.873. The van der Waals surface area contributed by atoms with Gasteiger partial charge < -0.3 is 9.64 Å². The zero-order valence-corrected chi connectivity index (χ0v) is 18.8. The number of hydrogen-bond donors (Lipinski definition) is 0. The van der Waals surface area contributed by atoms with E-state index in [0.29, 0.717) is 17.9 Å². The van der Waals surface area contributed by atoms with E-state index < -0.39 is 23.5 Å². The number of benzene rings is 2. The van der Waals surface area contributed by atoms with Crippen molar-refractivity contribution >= 4 is 29.4 Å². The number of imide groups is 1. The molecule has 7 heteroatoms. The lowest BCUT2D eigenvalue weighted by Gasteiger charge is -2.41. The number of carbonyl (C=O) groups excluding carboxylic acids is 4. The van der Waals surface area contributed by atoms with Crippen LogP contribution in [0.3, 0.4) is 0 Å². The quantitative estimate of drug-likeness (QED) is 0.377. The Labute approximate surface area is 188 Å². The van der Waals surface area contributed by atoms with Crippen LogP contribution in [0.5, 0.6) is 5.75 Å². The third kappa shape index (κ3) is 4.88. The number of anilines is 1. The fourth-order valence-electron chi connectivity index (χ4n) is 3.88. The lowest BCUT2D eigenvalue weighted by atomic mass is 9.94. The lowest BCUT2D eigenvalue weighted by molar-refractivity contribution is -0.144. The number of carbonyl (C=O) groups is 4. The molecular weight excluding hydrogens is 408 g/mol. The first-order valence-electron chi connectivity index (χ1n) is 10.7. The molecule has 168 valence electrons. The molecule has 1 heterocycles. The van der Waals surface area contributed by atoms with E-state index in [9.17, 15) is 19.2 Å². The summed E-state index contributed by atoms with van der Waals surface area (Å²) in [7, 11) is 0. The minimum Gasteiger partial charge on any atom is -0.427 e. The van der Waals surface area contributed by atoms with E-state index in [2.05, 4.69) is 0 Å². The maximum atomic E-state index is 13.4. The Morgan fingerprint density at radius 3 is 2.25 bits per heavy atom. The van der Waals surface area contributed by atoms with Gasteiger partial charge in [-0.05, 0) is 50.1 Å². The van der Waals surface area contributed by atoms with Gasteiger partial charge in [-0.2, -0.15) is 0 Å². The molecule has 0 saturated carbocycles. The van der Waals surface area contributed by atoms with Gasteiger partial charge in [-0.15, -0.1) is 0 Å². The zero-order valence-electron chi connectivity index (χ0n) is 18.8. The van der Waals surface area contributed by atoms with Crippen LogP contribution in [0.4, 0.5) is 5.69 Å². The second kappa shape index (κ2) is 9.34. The first-order chi connectivity index (χ1) is 15.1. The third-order valence-corrected chi connectivity index (χ3v) is 5.78. The van der Waals surface area contributed by atoms with Gasteiger partial charge in [0.05, 0.1) is 18.5 Å². The summed E-state index contributed by atoms with van der Waals surface area (Å²) in [6, 6.07) is 14.6. The molecule has 0 aromatic heterocycles. The van der Waals surface area contributed by atoms with E-state index in [0.717, 1.165) is 10.5 Å². The standard InChI is InChI=1S/C25H28N2O5/c1-5-25(3,4)27(23(30)15-18-9-7-6-8-10-18)21-16-22(29)26(24(21)31)19-11-13-20(14-12-19)32-17(2)28/h6-14,21H,5,15-16H2,1-4H3. The number of esters is 1. The van der Waals surface area contributed by atoms with Crippen molar-refractivity contribution in [2.75, 3.05) is 4.90 Å². The average molecular weight is 437 g/mol. The second-order valence-corrected chi connectivity index (χ2v) is 8.47. The zero-order chi connectivity index (χ0) is 23.5. The lowest BCUT2D eigenvalue weighted by Crippen LogP contribution is -2.56. The molecule has 32 heavy (non-hydrogen) atoms. The second-order valence-electron chi connectivity index (χ2n) is 8.47. The van der Waals surface area contributed by atoms with Crippen LogP contribution in [0.25, 0.3) is 0 Å². The molecule has 7 nitrogen and oxygen atoms in total. The maximum absolute atomic E-state index is 13.4. The molecule has 1 atom stereocenters. The van der Waals surface area contributed by atoms with Gasteiger partial charge in [-0.3, -0.25) is 19.2 Å². The molecule has 0 radical (unpaired) electrons. The van der Waals surface area contributed by atoms with E-state index in [4.69, 9.17) is 4.74 Å². The highest BCUT2D eigenvalue weighted by atomic mass is 16.5. The van der Waals surface area contributed by atoms with Gasteiger partial charge in [0.15, 0.2) is 0 Å². The van der Waals surface area contributed by atoms with Crippen molar-refractivity contribution in [1.29, 1.82) is 0 Å². The van der Waals surface area contributed by atoms with Crippen LogP contribution in [-0.2, 0) is 25.6 Å². The first-order valence-corrected chi connectivity index (χ1v) is 10.7. The van der Waals surface area contributed by atoms with Crippen LogP contribution in [0, 0.1) is 0 Å². The van der Waals surface area contributed by atoms with Crippen molar-refractivity contribution in [3.8, 4) is 5.75 Å². The van der Waals surface area contributed by atoms with Crippen molar-refractivity contribution < 1.29 is 23.9 Å². The largest absolute Gasteiger partial charge is 0.427 e. The fraction of sp³-hybridized carbons (Fsp3) is 0.360. The third-order valence-electron chi connectivity index (χ3n) is 5.78. The number of amides is 3. The van der Waals surface area contributed by atoms with E-state index in [-0.39, 0.29) is 24.7 Å². The number of nitrogens with zero attached hydrogens (tertiary/aromatic N) is 2. The van der Waals surface area contributed by atoms with Crippen LogP contribution in [0.1, 0.15) is 46.1 Å². The van der Waals surface area contributed by atoms with Crippen molar-refractivity contribution in [3.05, 3.63) is 60.2 Å².